The first-order valence-electron chi connectivity index (χ1n) is 10.8. The van der Waals surface area contributed by atoms with Crippen LogP contribution in [0.25, 0.3) is 0 Å². The Morgan fingerprint density at radius 2 is 1.93 bits per heavy atom. The van der Waals surface area contributed by atoms with Gasteiger partial charge in [0.1, 0.15) is 5.75 Å². The largest absolute Gasteiger partial charge is 0.494 e. The van der Waals surface area contributed by atoms with E-state index in [9.17, 15) is 9.59 Å². The zero-order valence-corrected chi connectivity index (χ0v) is 17.8. The molecule has 1 aromatic heterocycles. The topological polar surface area (TPSA) is 80.3 Å². The highest BCUT2D eigenvalue weighted by Crippen LogP contribution is 2.33. The van der Waals surface area contributed by atoms with Crippen LogP contribution in [0.5, 0.6) is 5.75 Å². The molecule has 6 nitrogen and oxygen atoms in total. The molecule has 0 bridgehead atoms. The van der Waals surface area contributed by atoms with Crippen molar-refractivity contribution in [2.75, 3.05) is 17.7 Å². The molecule has 3 rings (SSSR count). The lowest BCUT2D eigenvalue weighted by molar-refractivity contribution is -0.121. The first-order chi connectivity index (χ1) is 14.6. The molecule has 0 spiro atoms. The molecule has 30 heavy (non-hydrogen) atoms. The molecule has 1 fully saturated rings. The van der Waals surface area contributed by atoms with Gasteiger partial charge in [0.05, 0.1) is 18.4 Å². The van der Waals surface area contributed by atoms with Crippen molar-refractivity contribution in [1.82, 2.24) is 4.98 Å². The molecule has 2 aromatic rings. The molecule has 0 saturated heterocycles. The van der Waals surface area contributed by atoms with Crippen molar-refractivity contribution in [3.05, 3.63) is 48.3 Å². The van der Waals surface area contributed by atoms with Crippen LogP contribution in [0.4, 0.5) is 11.4 Å². The van der Waals surface area contributed by atoms with Crippen LogP contribution in [-0.2, 0) is 4.79 Å². The lowest BCUT2D eigenvalue weighted by Gasteiger charge is -2.27. The number of nitrogens with one attached hydrogen (secondary N) is 2. The standard InChI is InChI=1S/C24H31N3O3/c1-3-4-6-17-8-10-18(11-9-17)23(28)26-20-12-13-21(22(15-20)30-2)27-24(29)19-7-5-14-25-16-19/h5,7,12-18H,3-4,6,8-11H2,1-2H3,(H,26,28)(H,27,29). The van der Waals surface area contributed by atoms with Gasteiger partial charge in [-0.1, -0.05) is 26.2 Å². The van der Waals surface area contributed by atoms with Gasteiger partial charge in [-0.25, -0.2) is 0 Å². The number of hydrogen-bond donors (Lipinski definition) is 2. The van der Waals surface area contributed by atoms with E-state index in [-0.39, 0.29) is 17.7 Å². The number of benzene rings is 1. The van der Waals surface area contributed by atoms with Crippen LogP contribution in [0.1, 0.15) is 62.2 Å². The second-order valence-electron chi connectivity index (χ2n) is 7.96. The minimum Gasteiger partial charge on any atom is -0.494 e. The number of carbonyl (C=O) groups excluding carboxylic acids is 2. The van der Waals surface area contributed by atoms with E-state index < -0.39 is 0 Å². The Labute approximate surface area is 178 Å². The minimum absolute atomic E-state index is 0.0677. The average Bonchev–Trinajstić information content (AvgIpc) is 2.79. The Balaban J connectivity index is 1.58. The number of ether oxygens (including phenoxy) is 1. The fourth-order valence-corrected chi connectivity index (χ4v) is 4.01. The summed E-state index contributed by atoms with van der Waals surface area (Å²) in [6.07, 6.45) is 11.1. The molecule has 2 amide bonds. The Morgan fingerprint density at radius 1 is 1.13 bits per heavy atom. The van der Waals surface area contributed by atoms with Crippen LogP contribution >= 0.6 is 0 Å². The van der Waals surface area contributed by atoms with E-state index in [4.69, 9.17) is 4.74 Å². The van der Waals surface area contributed by atoms with E-state index in [2.05, 4.69) is 22.5 Å². The lowest BCUT2D eigenvalue weighted by Crippen LogP contribution is -2.27. The van der Waals surface area contributed by atoms with E-state index in [1.165, 1.54) is 32.6 Å². The number of nitrogens with zero attached hydrogens (tertiary/aromatic N) is 1. The Kier molecular flexibility index (Phi) is 7.82. The number of anilines is 2. The van der Waals surface area contributed by atoms with Gasteiger partial charge >= 0.3 is 0 Å². The summed E-state index contributed by atoms with van der Waals surface area (Å²) in [5, 5.41) is 5.84. The maximum Gasteiger partial charge on any atom is 0.257 e. The van der Waals surface area contributed by atoms with Gasteiger partial charge in [0.25, 0.3) is 5.91 Å². The van der Waals surface area contributed by atoms with E-state index in [0.29, 0.717) is 22.7 Å². The molecule has 0 unspecified atom stereocenters. The zero-order valence-electron chi connectivity index (χ0n) is 17.8. The summed E-state index contributed by atoms with van der Waals surface area (Å²) in [5.74, 6) is 1.14. The second-order valence-corrected chi connectivity index (χ2v) is 7.96. The van der Waals surface area contributed by atoms with Crippen LogP contribution in [-0.4, -0.2) is 23.9 Å². The Morgan fingerprint density at radius 3 is 2.60 bits per heavy atom. The molecule has 0 atom stereocenters. The van der Waals surface area contributed by atoms with Crippen molar-refractivity contribution >= 4 is 23.2 Å². The summed E-state index contributed by atoms with van der Waals surface area (Å²) in [6, 6.07) is 8.67. The van der Waals surface area contributed by atoms with Crippen LogP contribution < -0.4 is 15.4 Å². The van der Waals surface area contributed by atoms with Gasteiger partial charge in [0.15, 0.2) is 0 Å². The molecule has 1 heterocycles. The first-order valence-corrected chi connectivity index (χ1v) is 10.8. The third-order valence-electron chi connectivity index (χ3n) is 5.82. The molecule has 2 N–H and O–H groups in total. The minimum atomic E-state index is -0.266. The molecule has 1 aromatic carbocycles. The van der Waals surface area contributed by atoms with Crippen molar-refractivity contribution in [2.45, 2.75) is 51.9 Å². The smallest absolute Gasteiger partial charge is 0.257 e. The van der Waals surface area contributed by atoms with Gasteiger partial charge in [0.2, 0.25) is 5.91 Å². The SMILES string of the molecule is CCCCC1CCC(C(=O)Nc2ccc(NC(=O)c3cccnc3)c(OC)c2)CC1. The van der Waals surface area contributed by atoms with Crippen LogP contribution in [0, 0.1) is 11.8 Å². The zero-order chi connectivity index (χ0) is 21.3. The molecule has 160 valence electrons. The van der Waals surface area contributed by atoms with Gasteiger partial charge < -0.3 is 15.4 Å². The summed E-state index contributed by atoms with van der Waals surface area (Å²) in [5.41, 5.74) is 1.68. The van der Waals surface area contributed by atoms with Crippen LogP contribution in [0.3, 0.4) is 0 Å². The molecule has 6 heteroatoms. The maximum atomic E-state index is 12.7. The summed E-state index contributed by atoms with van der Waals surface area (Å²) in [7, 11) is 1.54. The average molecular weight is 410 g/mol. The fourth-order valence-electron chi connectivity index (χ4n) is 4.01. The monoisotopic (exact) mass is 409 g/mol. The third kappa shape index (κ3) is 5.81. The summed E-state index contributed by atoms with van der Waals surface area (Å²) in [6.45, 7) is 2.23. The van der Waals surface area contributed by atoms with Gasteiger partial charge in [-0.15, -0.1) is 0 Å². The summed E-state index contributed by atoms with van der Waals surface area (Å²) >= 11 is 0. The van der Waals surface area contributed by atoms with Crippen molar-refractivity contribution in [1.29, 1.82) is 0 Å². The quantitative estimate of drug-likeness (QED) is 0.622. The maximum absolute atomic E-state index is 12.7. The highest BCUT2D eigenvalue weighted by atomic mass is 16.5. The number of aromatic nitrogens is 1. The molecule has 0 aliphatic heterocycles. The van der Waals surface area contributed by atoms with Gasteiger partial charge in [0, 0.05) is 30.1 Å². The van der Waals surface area contributed by atoms with Crippen molar-refractivity contribution in [3.8, 4) is 5.75 Å². The normalized spacial score (nSPS) is 18.5. The molecule has 1 aliphatic rings. The first kappa shape index (κ1) is 21.8. The highest BCUT2D eigenvalue weighted by Gasteiger charge is 2.26. The number of hydrogen-bond acceptors (Lipinski definition) is 4. The summed E-state index contributed by atoms with van der Waals surface area (Å²) in [4.78, 5) is 29.0. The molecular weight excluding hydrogens is 378 g/mol. The molecule has 1 aliphatic carbocycles. The Hall–Kier alpha value is -2.89. The number of unbranched alkanes of at least 4 members (excludes halogenated alkanes) is 1. The molecular formula is C24H31N3O3. The number of rotatable bonds is 8. The van der Waals surface area contributed by atoms with E-state index in [1.54, 1.807) is 36.5 Å². The van der Waals surface area contributed by atoms with E-state index in [0.717, 1.165) is 31.6 Å². The number of methoxy groups -OCH3 is 1. The van der Waals surface area contributed by atoms with Gasteiger partial charge in [-0.3, -0.25) is 14.6 Å². The van der Waals surface area contributed by atoms with Crippen LogP contribution in [0.2, 0.25) is 0 Å². The van der Waals surface area contributed by atoms with Gasteiger partial charge in [-0.05, 0) is 55.9 Å². The predicted molar refractivity (Wildman–Crippen MR) is 119 cm³/mol. The van der Waals surface area contributed by atoms with Crippen molar-refractivity contribution in [2.24, 2.45) is 11.8 Å². The van der Waals surface area contributed by atoms with Crippen LogP contribution in [0.15, 0.2) is 42.7 Å². The van der Waals surface area contributed by atoms with Crippen molar-refractivity contribution in [3.63, 3.8) is 0 Å². The molecule has 0 radical (unpaired) electrons. The molecule has 1 saturated carbocycles. The summed E-state index contributed by atoms with van der Waals surface area (Å²) < 4.78 is 5.42. The number of pyridine rings is 1. The number of carbonyl (C=O) groups is 2. The highest BCUT2D eigenvalue weighted by molar-refractivity contribution is 6.05. The fraction of sp³-hybridized carbons (Fsp3) is 0.458. The Bertz CT molecular complexity index is 846. The predicted octanol–water partition coefficient (Wildman–Crippen LogP) is 5.28. The van der Waals surface area contributed by atoms with E-state index >= 15 is 0 Å². The van der Waals surface area contributed by atoms with E-state index in [1.807, 2.05) is 0 Å². The second kappa shape index (κ2) is 10.8. The number of amides is 2. The lowest BCUT2D eigenvalue weighted by atomic mass is 9.79. The third-order valence-corrected chi connectivity index (χ3v) is 5.82. The van der Waals surface area contributed by atoms with Gasteiger partial charge in [-0.2, -0.15) is 0 Å². The van der Waals surface area contributed by atoms with Crippen molar-refractivity contribution < 1.29 is 14.3 Å².